The van der Waals surface area contributed by atoms with E-state index in [0.717, 1.165) is 19.3 Å². The van der Waals surface area contributed by atoms with E-state index in [1.165, 1.54) is 6.42 Å². The van der Waals surface area contributed by atoms with Crippen LogP contribution in [0.5, 0.6) is 0 Å². The molecule has 14 heavy (non-hydrogen) atoms. The van der Waals surface area contributed by atoms with Crippen molar-refractivity contribution in [2.45, 2.75) is 25.7 Å². The Morgan fingerprint density at radius 2 is 1.86 bits per heavy atom. The third kappa shape index (κ3) is 8.06. The molecule has 1 aliphatic carbocycles. The van der Waals surface area contributed by atoms with Crippen LogP contribution >= 0.6 is 0 Å². The molecule has 0 aliphatic heterocycles. The van der Waals surface area contributed by atoms with E-state index in [2.05, 4.69) is 4.65 Å². The topological polar surface area (TPSA) is 90.2 Å². The van der Waals surface area contributed by atoms with Crippen LogP contribution in [0.15, 0.2) is 11.8 Å². The van der Waals surface area contributed by atoms with Crippen LogP contribution in [0.3, 0.4) is 0 Å². The summed E-state index contributed by atoms with van der Waals surface area (Å²) in [6, 6.07) is 0. The molecular weight excluding hydrogens is 187 g/mol. The van der Waals surface area contributed by atoms with E-state index in [9.17, 15) is 0 Å². The van der Waals surface area contributed by atoms with Gasteiger partial charge < -0.3 is 24.9 Å². The van der Waals surface area contributed by atoms with Crippen LogP contribution in [-0.2, 0) is 4.65 Å². The molecule has 0 fully saturated rings. The first-order valence-corrected chi connectivity index (χ1v) is 4.64. The number of aliphatic hydroxyl groups excluding tert-OH is 2. The van der Waals surface area contributed by atoms with Crippen LogP contribution in [0.4, 0.5) is 0 Å². The molecule has 0 bridgehead atoms. The normalized spacial score (nSPS) is 15.0. The van der Waals surface area contributed by atoms with Crippen molar-refractivity contribution in [1.29, 1.82) is 0 Å². The zero-order chi connectivity index (χ0) is 10.8. The maximum atomic E-state index is 8.40. The minimum atomic E-state index is -1.65. The van der Waals surface area contributed by atoms with Crippen LogP contribution in [0.25, 0.3) is 0 Å². The molecule has 0 saturated heterocycles. The van der Waals surface area contributed by atoms with Gasteiger partial charge in [0.2, 0.25) is 0 Å². The van der Waals surface area contributed by atoms with Gasteiger partial charge in [0.05, 0.1) is 19.0 Å². The summed E-state index contributed by atoms with van der Waals surface area (Å²) in [6.07, 6.45) is 5.98. The molecule has 6 heteroatoms. The van der Waals surface area contributed by atoms with E-state index < -0.39 is 7.32 Å². The van der Waals surface area contributed by atoms with Crippen molar-refractivity contribution in [2.75, 3.05) is 13.2 Å². The molecule has 5 nitrogen and oxygen atoms in total. The summed E-state index contributed by atoms with van der Waals surface area (Å²) in [5.74, 6) is 0.709. The average Bonchev–Trinajstić information content (AvgIpc) is 2.19. The number of allylic oxidation sites excluding steroid dienone is 2. The summed E-state index contributed by atoms with van der Waals surface area (Å²) in [7, 11) is -1.65. The quantitative estimate of drug-likeness (QED) is 0.461. The van der Waals surface area contributed by atoms with Gasteiger partial charge in [-0.1, -0.05) is 0 Å². The van der Waals surface area contributed by atoms with Crippen LogP contribution in [0, 0.1) is 0 Å². The monoisotopic (exact) mass is 204 g/mol. The number of hydrogen-bond donors (Lipinski definition) is 4. The van der Waals surface area contributed by atoms with Crippen LogP contribution in [0.2, 0.25) is 0 Å². The lowest BCUT2D eigenvalue weighted by Crippen LogP contribution is -2.17. The van der Waals surface area contributed by atoms with E-state index in [1.807, 2.05) is 6.08 Å². The second kappa shape index (κ2) is 9.02. The van der Waals surface area contributed by atoms with Crippen molar-refractivity contribution in [3.05, 3.63) is 11.8 Å². The zero-order valence-electron chi connectivity index (χ0n) is 8.09. The predicted molar refractivity (Wildman–Crippen MR) is 52.0 cm³/mol. The van der Waals surface area contributed by atoms with Gasteiger partial charge in [0, 0.05) is 6.42 Å². The molecule has 0 unspecified atom stereocenters. The maximum absolute atomic E-state index is 8.40. The largest absolute Gasteiger partial charge is 0.707 e. The summed E-state index contributed by atoms with van der Waals surface area (Å²) in [5.41, 5.74) is 0. The predicted octanol–water partition coefficient (Wildman–Crippen LogP) is -0.599. The third-order valence-electron chi connectivity index (χ3n) is 1.61. The van der Waals surface area contributed by atoms with Crippen molar-refractivity contribution in [3.63, 3.8) is 0 Å². The van der Waals surface area contributed by atoms with Crippen molar-refractivity contribution >= 4 is 7.32 Å². The molecular formula is C8H17BO5. The number of rotatable bonds is 3. The van der Waals surface area contributed by atoms with Crippen LogP contribution < -0.4 is 0 Å². The smallest absolute Gasteiger partial charge is 0.516 e. The second-order valence-electron chi connectivity index (χ2n) is 2.81. The summed E-state index contributed by atoms with van der Waals surface area (Å²) < 4.78 is 4.66. The first kappa shape index (κ1) is 13.4. The molecule has 0 saturated carbocycles. The minimum absolute atomic E-state index is 0.125. The molecule has 0 aromatic carbocycles. The Balaban J connectivity index is 0.000000364. The molecule has 0 heterocycles. The summed E-state index contributed by atoms with van der Waals surface area (Å²) in [5, 5.41) is 32.0. The molecule has 1 rings (SSSR count). The number of hydrogen-bond acceptors (Lipinski definition) is 5. The first-order valence-electron chi connectivity index (χ1n) is 4.64. The molecule has 4 N–H and O–H groups in total. The van der Waals surface area contributed by atoms with Gasteiger partial charge >= 0.3 is 7.32 Å². The van der Waals surface area contributed by atoms with E-state index in [0.29, 0.717) is 5.76 Å². The van der Waals surface area contributed by atoms with Gasteiger partial charge in [0.1, 0.15) is 0 Å². The third-order valence-corrected chi connectivity index (χ3v) is 1.61. The second-order valence-corrected chi connectivity index (χ2v) is 2.81. The van der Waals surface area contributed by atoms with Crippen LogP contribution in [-0.4, -0.2) is 40.8 Å². The van der Waals surface area contributed by atoms with E-state index in [-0.39, 0.29) is 13.2 Å². The lowest BCUT2D eigenvalue weighted by molar-refractivity contribution is 0.186. The Morgan fingerprint density at radius 1 is 1.21 bits per heavy atom. The highest BCUT2D eigenvalue weighted by Crippen LogP contribution is 2.17. The Kier molecular flexibility index (Phi) is 8.66. The Labute approximate surface area is 83.8 Å². The van der Waals surface area contributed by atoms with Gasteiger partial charge in [-0.25, -0.2) is 0 Å². The Bertz CT molecular complexity index is 158. The zero-order valence-corrected chi connectivity index (χ0v) is 8.09. The minimum Gasteiger partial charge on any atom is -0.516 e. The maximum Gasteiger partial charge on any atom is 0.707 e. The summed E-state index contributed by atoms with van der Waals surface area (Å²) in [4.78, 5) is 0. The van der Waals surface area contributed by atoms with Crippen molar-refractivity contribution in [3.8, 4) is 0 Å². The number of aliphatic hydroxyl groups is 2. The van der Waals surface area contributed by atoms with Crippen LogP contribution in [0.1, 0.15) is 25.7 Å². The highest BCUT2D eigenvalue weighted by atomic mass is 16.6. The molecule has 0 radical (unpaired) electrons. The highest BCUT2D eigenvalue weighted by molar-refractivity contribution is 6.33. The van der Waals surface area contributed by atoms with Crippen molar-refractivity contribution in [2.24, 2.45) is 0 Å². The lowest BCUT2D eigenvalue weighted by atomic mass is 10.1. The molecule has 0 aromatic heterocycles. The SMILES string of the molecule is OB(O)OC1=CCCCC1.OCCO. The van der Waals surface area contributed by atoms with Crippen molar-refractivity contribution < 1.29 is 24.9 Å². The Hall–Kier alpha value is -0.555. The Morgan fingerprint density at radius 3 is 2.21 bits per heavy atom. The molecule has 0 aromatic rings. The standard InChI is InChI=1S/C6H11BO3.C2H6O2/c8-7(9)10-6-4-2-1-3-5-6;3-1-2-4/h4,8-9H,1-3,5H2;3-4H,1-2H2. The molecule has 0 atom stereocenters. The lowest BCUT2D eigenvalue weighted by Gasteiger charge is -2.13. The molecule has 82 valence electrons. The van der Waals surface area contributed by atoms with E-state index in [4.69, 9.17) is 20.3 Å². The van der Waals surface area contributed by atoms with Gasteiger partial charge in [-0.05, 0) is 25.3 Å². The van der Waals surface area contributed by atoms with E-state index in [1.54, 1.807) is 0 Å². The fourth-order valence-corrected chi connectivity index (χ4v) is 1.05. The van der Waals surface area contributed by atoms with Gasteiger partial charge in [-0.15, -0.1) is 0 Å². The van der Waals surface area contributed by atoms with Gasteiger partial charge in [-0.3, -0.25) is 0 Å². The highest BCUT2D eigenvalue weighted by Gasteiger charge is 2.14. The van der Waals surface area contributed by atoms with Crippen molar-refractivity contribution in [1.82, 2.24) is 0 Å². The van der Waals surface area contributed by atoms with Gasteiger partial charge in [-0.2, -0.15) is 0 Å². The van der Waals surface area contributed by atoms with Gasteiger partial charge in [0.15, 0.2) is 0 Å². The fraction of sp³-hybridized carbons (Fsp3) is 0.750. The molecule has 0 amide bonds. The summed E-state index contributed by atoms with van der Waals surface area (Å²) in [6.45, 7) is -0.250. The average molecular weight is 204 g/mol. The molecule has 0 spiro atoms. The van der Waals surface area contributed by atoms with Gasteiger partial charge in [0.25, 0.3) is 0 Å². The van der Waals surface area contributed by atoms with E-state index >= 15 is 0 Å². The summed E-state index contributed by atoms with van der Waals surface area (Å²) >= 11 is 0. The first-order chi connectivity index (χ1) is 6.70. The fourth-order valence-electron chi connectivity index (χ4n) is 1.05. The molecule has 1 aliphatic rings.